The van der Waals surface area contributed by atoms with E-state index in [9.17, 15) is 4.79 Å². The lowest BCUT2D eigenvalue weighted by molar-refractivity contribution is -0.115. The summed E-state index contributed by atoms with van der Waals surface area (Å²) in [7, 11) is 0. The van der Waals surface area contributed by atoms with E-state index >= 15 is 0 Å². The van der Waals surface area contributed by atoms with Crippen LogP contribution in [0.3, 0.4) is 0 Å². The fourth-order valence-corrected chi connectivity index (χ4v) is 2.31. The minimum Gasteiger partial charge on any atom is -0.494 e. The van der Waals surface area contributed by atoms with Gasteiger partial charge in [0.25, 0.3) is 0 Å². The Kier molecular flexibility index (Phi) is 4.99. The molecule has 0 unspecified atom stereocenters. The number of hydrogen-bond donors (Lipinski definition) is 1. The topological polar surface area (TPSA) is 38.3 Å². The van der Waals surface area contributed by atoms with E-state index in [1.165, 1.54) is 0 Å². The van der Waals surface area contributed by atoms with Crippen LogP contribution in [0.1, 0.15) is 23.6 Å². The predicted octanol–water partition coefficient (Wildman–Crippen LogP) is 3.88. The van der Waals surface area contributed by atoms with Crippen LogP contribution in [0.5, 0.6) is 5.75 Å². The highest BCUT2D eigenvalue weighted by Crippen LogP contribution is 2.15. The number of ether oxygens (including phenoxy) is 1. The number of benzene rings is 2. The SMILES string of the molecule is CCOc1ccc(CC(=O)Nc2cc(C)cc(C)c2)cc1. The molecule has 3 nitrogen and oxygen atoms in total. The van der Waals surface area contributed by atoms with Crippen LogP contribution in [0.15, 0.2) is 42.5 Å². The fraction of sp³-hybridized carbons (Fsp3) is 0.278. The summed E-state index contributed by atoms with van der Waals surface area (Å²) in [5.74, 6) is 0.820. The number of amides is 1. The molecule has 0 radical (unpaired) electrons. The predicted molar refractivity (Wildman–Crippen MR) is 85.9 cm³/mol. The molecule has 2 aromatic carbocycles. The van der Waals surface area contributed by atoms with Gasteiger partial charge >= 0.3 is 0 Å². The molecule has 0 aliphatic rings. The Morgan fingerprint density at radius 3 is 2.24 bits per heavy atom. The Bertz CT molecular complexity index is 597. The molecule has 0 aliphatic heterocycles. The second kappa shape index (κ2) is 6.93. The van der Waals surface area contributed by atoms with Crippen LogP contribution in [-0.4, -0.2) is 12.5 Å². The van der Waals surface area contributed by atoms with Crippen molar-refractivity contribution in [1.82, 2.24) is 0 Å². The molecule has 1 amide bonds. The molecule has 0 fully saturated rings. The maximum absolute atomic E-state index is 12.1. The summed E-state index contributed by atoms with van der Waals surface area (Å²) < 4.78 is 5.39. The molecule has 0 spiro atoms. The van der Waals surface area contributed by atoms with Crippen molar-refractivity contribution in [2.45, 2.75) is 27.2 Å². The van der Waals surface area contributed by atoms with Crippen molar-refractivity contribution < 1.29 is 9.53 Å². The van der Waals surface area contributed by atoms with Crippen molar-refractivity contribution in [3.8, 4) is 5.75 Å². The van der Waals surface area contributed by atoms with Crippen LogP contribution in [0.25, 0.3) is 0 Å². The lowest BCUT2D eigenvalue weighted by atomic mass is 10.1. The number of rotatable bonds is 5. The van der Waals surface area contributed by atoms with Crippen molar-refractivity contribution >= 4 is 11.6 Å². The zero-order valence-electron chi connectivity index (χ0n) is 12.8. The first-order valence-electron chi connectivity index (χ1n) is 7.16. The third-order valence-corrected chi connectivity index (χ3v) is 3.10. The van der Waals surface area contributed by atoms with Gasteiger partial charge in [-0.05, 0) is 61.7 Å². The van der Waals surface area contributed by atoms with Gasteiger partial charge in [0.05, 0.1) is 13.0 Å². The van der Waals surface area contributed by atoms with Gasteiger partial charge in [0, 0.05) is 5.69 Å². The summed E-state index contributed by atoms with van der Waals surface area (Å²) in [5.41, 5.74) is 4.11. The second-order valence-corrected chi connectivity index (χ2v) is 5.18. The molecule has 2 rings (SSSR count). The first kappa shape index (κ1) is 15.1. The Hall–Kier alpha value is -2.29. The molecule has 0 heterocycles. The molecular formula is C18H21NO2. The van der Waals surface area contributed by atoms with Gasteiger partial charge in [-0.3, -0.25) is 4.79 Å². The normalized spacial score (nSPS) is 10.2. The standard InChI is InChI=1S/C18H21NO2/c1-4-21-17-7-5-15(6-8-17)12-18(20)19-16-10-13(2)9-14(3)11-16/h5-11H,4,12H2,1-3H3,(H,19,20). The number of anilines is 1. The van der Waals surface area contributed by atoms with Crippen LogP contribution >= 0.6 is 0 Å². The van der Waals surface area contributed by atoms with Gasteiger partial charge in [-0.25, -0.2) is 0 Å². The largest absolute Gasteiger partial charge is 0.494 e. The van der Waals surface area contributed by atoms with Gasteiger partial charge in [-0.15, -0.1) is 0 Å². The number of carbonyl (C=O) groups excluding carboxylic acids is 1. The van der Waals surface area contributed by atoms with Gasteiger partial charge in [0.1, 0.15) is 5.75 Å². The molecular weight excluding hydrogens is 262 g/mol. The minimum absolute atomic E-state index is 0.0100. The zero-order valence-corrected chi connectivity index (χ0v) is 12.8. The van der Waals surface area contributed by atoms with E-state index in [1.54, 1.807) is 0 Å². The van der Waals surface area contributed by atoms with Crippen molar-refractivity contribution in [1.29, 1.82) is 0 Å². The Labute approximate surface area is 126 Å². The van der Waals surface area contributed by atoms with E-state index in [0.717, 1.165) is 28.1 Å². The quantitative estimate of drug-likeness (QED) is 0.904. The van der Waals surface area contributed by atoms with Crippen LogP contribution in [-0.2, 0) is 11.2 Å². The molecule has 0 aromatic heterocycles. The van der Waals surface area contributed by atoms with Gasteiger partial charge in [-0.1, -0.05) is 18.2 Å². The first-order valence-corrected chi connectivity index (χ1v) is 7.16. The zero-order chi connectivity index (χ0) is 15.2. The summed E-state index contributed by atoms with van der Waals surface area (Å²) in [5, 5.41) is 2.94. The minimum atomic E-state index is -0.0100. The van der Waals surface area contributed by atoms with Crippen LogP contribution in [0, 0.1) is 13.8 Å². The van der Waals surface area contributed by atoms with Crippen molar-refractivity contribution in [2.24, 2.45) is 0 Å². The Morgan fingerprint density at radius 1 is 1.05 bits per heavy atom. The van der Waals surface area contributed by atoms with E-state index < -0.39 is 0 Å². The number of nitrogens with one attached hydrogen (secondary N) is 1. The smallest absolute Gasteiger partial charge is 0.228 e. The molecule has 2 aromatic rings. The molecule has 0 aliphatic carbocycles. The summed E-state index contributed by atoms with van der Waals surface area (Å²) in [6.45, 7) is 6.64. The van der Waals surface area contributed by atoms with Gasteiger partial charge in [0.2, 0.25) is 5.91 Å². The molecule has 0 saturated heterocycles. The summed E-state index contributed by atoms with van der Waals surface area (Å²) in [6.07, 6.45) is 0.361. The third kappa shape index (κ3) is 4.63. The lowest BCUT2D eigenvalue weighted by Gasteiger charge is -2.08. The summed E-state index contributed by atoms with van der Waals surface area (Å²) >= 11 is 0. The molecule has 21 heavy (non-hydrogen) atoms. The monoisotopic (exact) mass is 283 g/mol. The van der Waals surface area contributed by atoms with E-state index in [-0.39, 0.29) is 5.91 Å². The maximum Gasteiger partial charge on any atom is 0.228 e. The molecule has 3 heteroatoms. The van der Waals surface area contributed by atoms with Crippen molar-refractivity contribution in [3.05, 3.63) is 59.2 Å². The highest BCUT2D eigenvalue weighted by Gasteiger charge is 2.05. The van der Waals surface area contributed by atoms with Gasteiger partial charge in [0.15, 0.2) is 0 Å². The second-order valence-electron chi connectivity index (χ2n) is 5.18. The average molecular weight is 283 g/mol. The van der Waals surface area contributed by atoms with E-state index in [2.05, 4.69) is 11.4 Å². The highest BCUT2D eigenvalue weighted by atomic mass is 16.5. The molecule has 110 valence electrons. The van der Waals surface area contributed by atoms with Crippen molar-refractivity contribution in [2.75, 3.05) is 11.9 Å². The number of carbonyl (C=O) groups is 1. The van der Waals surface area contributed by atoms with Crippen LogP contribution in [0.4, 0.5) is 5.69 Å². The van der Waals surface area contributed by atoms with Gasteiger partial charge < -0.3 is 10.1 Å². The highest BCUT2D eigenvalue weighted by molar-refractivity contribution is 5.92. The van der Waals surface area contributed by atoms with Crippen molar-refractivity contribution in [3.63, 3.8) is 0 Å². The fourth-order valence-electron chi connectivity index (χ4n) is 2.31. The number of aryl methyl sites for hydroxylation is 2. The third-order valence-electron chi connectivity index (χ3n) is 3.10. The number of hydrogen-bond acceptors (Lipinski definition) is 2. The Morgan fingerprint density at radius 2 is 1.67 bits per heavy atom. The maximum atomic E-state index is 12.1. The van der Waals surface area contributed by atoms with Crippen LogP contribution < -0.4 is 10.1 Å². The molecule has 1 N–H and O–H groups in total. The van der Waals surface area contributed by atoms with E-state index in [0.29, 0.717) is 13.0 Å². The van der Waals surface area contributed by atoms with E-state index in [4.69, 9.17) is 4.74 Å². The molecule has 0 bridgehead atoms. The Balaban J connectivity index is 1.97. The van der Waals surface area contributed by atoms with E-state index in [1.807, 2.05) is 57.2 Å². The van der Waals surface area contributed by atoms with Crippen LogP contribution in [0.2, 0.25) is 0 Å². The first-order chi connectivity index (χ1) is 10.1. The molecule has 0 atom stereocenters. The average Bonchev–Trinajstić information content (AvgIpc) is 2.40. The van der Waals surface area contributed by atoms with Gasteiger partial charge in [-0.2, -0.15) is 0 Å². The summed E-state index contributed by atoms with van der Waals surface area (Å²) in [4.78, 5) is 12.1. The molecule has 0 saturated carbocycles. The lowest BCUT2D eigenvalue weighted by Crippen LogP contribution is -2.14. The summed E-state index contributed by atoms with van der Waals surface area (Å²) in [6, 6.07) is 13.7.